The molecule has 1 aromatic rings. The second kappa shape index (κ2) is 5.03. The molecule has 1 rings (SSSR count). The van der Waals surface area contributed by atoms with Gasteiger partial charge in [0.05, 0.1) is 5.02 Å². The molecule has 0 saturated carbocycles. The van der Waals surface area contributed by atoms with E-state index in [-0.39, 0.29) is 22.6 Å². The number of phenols is 1. The van der Waals surface area contributed by atoms with Gasteiger partial charge in [0.25, 0.3) is 0 Å². The third-order valence-electron chi connectivity index (χ3n) is 2.27. The molecule has 1 amide bonds. The summed E-state index contributed by atoms with van der Waals surface area (Å²) in [5.41, 5.74) is 0.558. The summed E-state index contributed by atoms with van der Waals surface area (Å²) in [6.45, 7) is 3.80. The highest BCUT2D eigenvalue weighted by Gasteiger charge is 2.10. The van der Waals surface area contributed by atoms with Crippen LogP contribution in [0.5, 0.6) is 5.75 Å². The highest BCUT2D eigenvalue weighted by Crippen LogP contribution is 2.26. The minimum Gasteiger partial charge on any atom is -0.506 e. The van der Waals surface area contributed by atoms with Gasteiger partial charge in [-0.3, -0.25) is 4.79 Å². The van der Waals surface area contributed by atoms with Gasteiger partial charge in [-0.2, -0.15) is 0 Å². The Morgan fingerprint density at radius 1 is 1.60 bits per heavy atom. The minimum atomic E-state index is -0.0563. The van der Waals surface area contributed by atoms with Crippen LogP contribution >= 0.6 is 11.6 Å². The van der Waals surface area contributed by atoms with Crippen molar-refractivity contribution in [3.8, 4) is 5.75 Å². The number of anilines is 1. The van der Waals surface area contributed by atoms with Crippen molar-refractivity contribution >= 4 is 23.2 Å². The van der Waals surface area contributed by atoms with E-state index in [1.54, 1.807) is 12.1 Å². The molecule has 3 nitrogen and oxygen atoms in total. The molecule has 1 aromatic carbocycles. The molecular formula is C11H14ClNO2. The van der Waals surface area contributed by atoms with Gasteiger partial charge in [0.15, 0.2) is 0 Å². The van der Waals surface area contributed by atoms with E-state index in [1.807, 2.05) is 13.8 Å². The van der Waals surface area contributed by atoms with Gasteiger partial charge in [-0.15, -0.1) is 0 Å². The number of halogens is 1. The lowest BCUT2D eigenvalue weighted by molar-refractivity contribution is -0.119. The maximum atomic E-state index is 11.5. The van der Waals surface area contributed by atoms with Crippen LogP contribution in [0.4, 0.5) is 5.69 Å². The molecule has 1 unspecified atom stereocenters. The molecular weight excluding hydrogens is 214 g/mol. The molecule has 1 atom stereocenters. The summed E-state index contributed by atoms with van der Waals surface area (Å²) in [5.74, 6) is -0.124. The van der Waals surface area contributed by atoms with Crippen LogP contribution in [0.1, 0.15) is 20.3 Å². The Balaban J connectivity index is 2.73. The molecule has 0 saturated heterocycles. The summed E-state index contributed by atoms with van der Waals surface area (Å²) >= 11 is 5.64. The summed E-state index contributed by atoms with van der Waals surface area (Å²) < 4.78 is 0. The minimum absolute atomic E-state index is 0.0291. The average molecular weight is 228 g/mol. The summed E-state index contributed by atoms with van der Waals surface area (Å²) in [6, 6.07) is 4.63. The molecule has 4 heteroatoms. The van der Waals surface area contributed by atoms with Gasteiger partial charge >= 0.3 is 0 Å². The van der Waals surface area contributed by atoms with E-state index in [1.165, 1.54) is 6.07 Å². The van der Waals surface area contributed by atoms with Crippen molar-refractivity contribution in [2.75, 3.05) is 5.32 Å². The van der Waals surface area contributed by atoms with Crippen LogP contribution in [0.25, 0.3) is 0 Å². The molecule has 0 aliphatic carbocycles. The number of carbonyl (C=O) groups is 1. The zero-order valence-electron chi connectivity index (χ0n) is 8.75. The molecule has 0 spiro atoms. The molecule has 0 aromatic heterocycles. The number of aromatic hydroxyl groups is 1. The SMILES string of the molecule is CCC(C)C(=O)Nc1ccc(Cl)c(O)c1. The van der Waals surface area contributed by atoms with Crippen molar-refractivity contribution in [1.29, 1.82) is 0 Å². The quantitative estimate of drug-likeness (QED) is 0.834. The molecule has 0 heterocycles. The fourth-order valence-corrected chi connectivity index (χ4v) is 1.16. The van der Waals surface area contributed by atoms with Crippen molar-refractivity contribution in [1.82, 2.24) is 0 Å². The second-order valence-electron chi connectivity index (χ2n) is 3.46. The maximum Gasteiger partial charge on any atom is 0.227 e. The van der Waals surface area contributed by atoms with E-state index in [4.69, 9.17) is 11.6 Å². The fraction of sp³-hybridized carbons (Fsp3) is 0.364. The van der Waals surface area contributed by atoms with E-state index >= 15 is 0 Å². The lowest BCUT2D eigenvalue weighted by Crippen LogP contribution is -2.19. The Morgan fingerprint density at radius 2 is 2.27 bits per heavy atom. The predicted molar refractivity (Wildman–Crippen MR) is 61.2 cm³/mol. The van der Waals surface area contributed by atoms with Crippen LogP contribution in [-0.4, -0.2) is 11.0 Å². The molecule has 0 radical (unpaired) electrons. The predicted octanol–water partition coefficient (Wildman–Crippen LogP) is 3.03. The lowest BCUT2D eigenvalue weighted by atomic mass is 10.1. The Hall–Kier alpha value is -1.22. The van der Waals surface area contributed by atoms with Crippen LogP contribution in [0.3, 0.4) is 0 Å². The zero-order valence-corrected chi connectivity index (χ0v) is 9.51. The molecule has 82 valence electrons. The van der Waals surface area contributed by atoms with Gasteiger partial charge < -0.3 is 10.4 Å². The van der Waals surface area contributed by atoms with Gasteiger partial charge in [0, 0.05) is 17.7 Å². The molecule has 2 N–H and O–H groups in total. The fourth-order valence-electron chi connectivity index (χ4n) is 1.04. The van der Waals surface area contributed by atoms with Crippen LogP contribution in [0.15, 0.2) is 18.2 Å². The van der Waals surface area contributed by atoms with Crippen molar-refractivity contribution in [3.63, 3.8) is 0 Å². The van der Waals surface area contributed by atoms with E-state index < -0.39 is 0 Å². The lowest BCUT2D eigenvalue weighted by Gasteiger charge is -2.10. The van der Waals surface area contributed by atoms with Crippen molar-refractivity contribution < 1.29 is 9.90 Å². The zero-order chi connectivity index (χ0) is 11.4. The summed E-state index contributed by atoms with van der Waals surface area (Å²) in [6.07, 6.45) is 0.783. The van der Waals surface area contributed by atoms with Crippen molar-refractivity contribution in [2.45, 2.75) is 20.3 Å². The van der Waals surface area contributed by atoms with Gasteiger partial charge in [-0.1, -0.05) is 25.4 Å². The van der Waals surface area contributed by atoms with Crippen LogP contribution in [0, 0.1) is 5.92 Å². The first-order chi connectivity index (χ1) is 7.04. The Kier molecular flexibility index (Phi) is 3.97. The molecule has 0 fully saturated rings. The Morgan fingerprint density at radius 3 is 2.80 bits per heavy atom. The normalized spacial score (nSPS) is 12.2. The van der Waals surface area contributed by atoms with Gasteiger partial charge in [-0.05, 0) is 18.6 Å². The number of hydrogen-bond donors (Lipinski definition) is 2. The smallest absolute Gasteiger partial charge is 0.227 e. The first-order valence-corrected chi connectivity index (χ1v) is 5.21. The maximum absolute atomic E-state index is 11.5. The number of hydrogen-bond acceptors (Lipinski definition) is 2. The molecule has 0 bridgehead atoms. The number of carbonyl (C=O) groups excluding carboxylic acids is 1. The van der Waals surface area contributed by atoms with Crippen LogP contribution in [-0.2, 0) is 4.79 Å². The van der Waals surface area contributed by atoms with Crippen molar-refractivity contribution in [2.24, 2.45) is 5.92 Å². The molecule has 0 aliphatic heterocycles. The van der Waals surface area contributed by atoms with Gasteiger partial charge in [0.2, 0.25) is 5.91 Å². The average Bonchev–Trinajstić information content (AvgIpc) is 2.22. The number of benzene rings is 1. The Labute approximate surface area is 94.1 Å². The monoisotopic (exact) mass is 227 g/mol. The van der Waals surface area contributed by atoms with Crippen molar-refractivity contribution in [3.05, 3.63) is 23.2 Å². The summed E-state index contributed by atoms with van der Waals surface area (Å²) in [4.78, 5) is 11.5. The topological polar surface area (TPSA) is 49.3 Å². The first-order valence-electron chi connectivity index (χ1n) is 4.84. The summed E-state index contributed by atoms with van der Waals surface area (Å²) in [5, 5.41) is 12.3. The number of nitrogens with one attached hydrogen (secondary N) is 1. The number of rotatable bonds is 3. The van der Waals surface area contributed by atoms with Crippen LogP contribution < -0.4 is 5.32 Å². The van der Waals surface area contributed by atoms with Crippen LogP contribution in [0.2, 0.25) is 5.02 Å². The highest BCUT2D eigenvalue weighted by molar-refractivity contribution is 6.32. The van der Waals surface area contributed by atoms with E-state index in [0.29, 0.717) is 5.69 Å². The Bertz CT molecular complexity index is 366. The largest absolute Gasteiger partial charge is 0.506 e. The third kappa shape index (κ3) is 3.13. The van der Waals surface area contributed by atoms with Gasteiger partial charge in [-0.25, -0.2) is 0 Å². The number of phenolic OH excluding ortho intramolecular Hbond substituents is 1. The van der Waals surface area contributed by atoms with E-state index in [0.717, 1.165) is 6.42 Å². The third-order valence-corrected chi connectivity index (χ3v) is 2.59. The highest BCUT2D eigenvalue weighted by atomic mass is 35.5. The van der Waals surface area contributed by atoms with E-state index in [2.05, 4.69) is 5.32 Å². The summed E-state index contributed by atoms with van der Waals surface area (Å²) in [7, 11) is 0. The molecule has 0 aliphatic rings. The molecule has 15 heavy (non-hydrogen) atoms. The van der Waals surface area contributed by atoms with Gasteiger partial charge in [0.1, 0.15) is 5.75 Å². The van der Waals surface area contributed by atoms with E-state index in [9.17, 15) is 9.90 Å². The second-order valence-corrected chi connectivity index (χ2v) is 3.87. The number of amides is 1. The first kappa shape index (κ1) is 11.9. The standard InChI is InChI=1S/C11H14ClNO2/c1-3-7(2)11(15)13-8-4-5-9(12)10(14)6-8/h4-7,14H,3H2,1-2H3,(H,13,15).